The lowest BCUT2D eigenvalue weighted by molar-refractivity contribution is -0.123. The summed E-state index contributed by atoms with van der Waals surface area (Å²) in [5.74, 6) is 0.195. The van der Waals surface area contributed by atoms with Crippen LogP contribution in [0.15, 0.2) is 29.2 Å². The molecule has 25 heavy (non-hydrogen) atoms. The van der Waals surface area contributed by atoms with E-state index in [0.29, 0.717) is 0 Å². The van der Waals surface area contributed by atoms with Gasteiger partial charge in [0, 0.05) is 20.0 Å². The molecule has 2 fully saturated rings. The Labute approximate surface area is 150 Å². The summed E-state index contributed by atoms with van der Waals surface area (Å²) in [7, 11) is -0.449. The summed E-state index contributed by atoms with van der Waals surface area (Å²) in [6.07, 6.45) is 3.11. The van der Waals surface area contributed by atoms with Crippen LogP contribution >= 0.6 is 0 Å². The van der Waals surface area contributed by atoms with E-state index < -0.39 is 10.0 Å². The average Bonchev–Trinajstić information content (AvgIpc) is 3.28. The number of nitrogens with one attached hydrogen (secondary N) is 2. The van der Waals surface area contributed by atoms with Crippen molar-refractivity contribution < 1.29 is 13.2 Å². The van der Waals surface area contributed by atoms with Crippen LogP contribution in [-0.4, -0.2) is 45.8 Å². The lowest BCUT2D eigenvalue weighted by Crippen LogP contribution is -2.34. The third kappa shape index (κ3) is 3.59. The van der Waals surface area contributed by atoms with Crippen molar-refractivity contribution in [2.75, 3.05) is 27.2 Å². The molecule has 1 aliphatic heterocycles. The number of nitrogens with zero attached hydrogens (tertiary/aromatic N) is 1. The Morgan fingerprint density at radius 3 is 2.64 bits per heavy atom. The molecular weight excluding hydrogens is 338 g/mol. The molecule has 1 aromatic carbocycles. The van der Waals surface area contributed by atoms with E-state index >= 15 is 0 Å². The molecular formula is C18H27N3O3S. The van der Waals surface area contributed by atoms with Gasteiger partial charge >= 0.3 is 0 Å². The average molecular weight is 365 g/mol. The molecule has 1 saturated heterocycles. The summed E-state index contributed by atoms with van der Waals surface area (Å²) in [5.41, 5.74) is 1.00. The van der Waals surface area contributed by atoms with Crippen LogP contribution in [0.4, 0.5) is 0 Å². The number of sulfonamides is 1. The summed E-state index contributed by atoms with van der Waals surface area (Å²) < 4.78 is 25.8. The van der Waals surface area contributed by atoms with Gasteiger partial charge in [-0.2, -0.15) is 0 Å². The Bertz CT molecular complexity index is 755. The van der Waals surface area contributed by atoms with Crippen molar-refractivity contribution in [1.82, 2.24) is 14.9 Å². The summed E-state index contributed by atoms with van der Waals surface area (Å²) in [5, 5.41) is 6.41. The number of hydrogen-bond acceptors (Lipinski definition) is 4. The molecule has 1 heterocycles. The van der Waals surface area contributed by atoms with Crippen LogP contribution in [0.2, 0.25) is 0 Å². The standard InChI is InChI=1S/C18H27N3O3S/c1-13(14-5-4-6-15(11-14)25(23,24)21(2)3)20-17(22)16-12-18(16)7-9-19-10-8-18/h4-6,11,13,16,19H,7-10,12H2,1-3H3,(H,20,22). The van der Waals surface area contributed by atoms with Crippen LogP contribution in [0.1, 0.15) is 37.8 Å². The summed E-state index contributed by atoms with van der Waals surface area (Å²) >= 11 is 0. The maximum Gasteiger partial charge on any atom is 0.242 e. The van der Waals surface area contributed by atoms with E-state index in [1.807, 2.05) is 13.0 Å². The Balaban J connectivity index is 1.68. The highest BCUT2D eigenvalue weighted by atomic mass is 32.2. The van der Waals surface area contributed by atoms with Gasteiger partial charge < -0.3 is 10.6 Å². The molecule has 1 spiro atoms. The fraction of sp³-hybridized carbons (Fsp3) is 0.611. The molecule has 2 unspecified atom stereocenters. The number of benzene rings is 1. The molecule has 0 bridgehead atoms. The van der Waals surface area contributed by atoms with Crippen molar-refractivity contribution >= 4 is 15.9 Å². The van der Waals surface area contributed by atoms with Crippen molar-refractivity contribution in [2.24, 2.45) is 11.3 Å². The largest absolute Gasteiger partial charge is 0.349 e. The highest BCUT2D eigenvalue weighted by Crippen LogP contribution is 2.58. The minimum absolute atomic E-state index is 0.0928. The highest BCUT2D eigenvalue weighted by molar-refractivity contribution is 7.89. The minimum Gasteiger partial charge on any atom is -0.349 e. The molecule has 0 radical (unpaired) electrons. The molecule has 6 nitrogen and oxygen atoms in total. The van der Waals surface area contributed by atoms with Crippen LogP contribution in [0.5, 0.6) is 0 Å². The van der Waals surface area contributed by atoms with Gasteiger partial charge in [-0.3, -0.25) is 4.79 Å². The topological polar surface area (TPSA) is 78.5 Å². The lowest BCUT2D eigenvalue weighted by Gasteiger charge is -2.24. The van der Waals surface area contributed by atoms with E-state index in [1.165, 1.54) is 18.4 Å². The van der Waals surface area contributed by atoms with Crippen LogP contribution in [-0.2, 0) is 14.8 Å². The second-order valence-corrected chi connectivity index (χ2v) is 9.61. The first-order valence-corrected chi connectivity index (χ1v) is 10.2. The molecule has 138 valence electrons. The zero-order valence-corrected chi connectivity index (χ0v) is 15.9. The van der Waals surface area contributed by atoms with Gasteiger partial charge in [-0.05, 0) is 62.4 Å². The van der Waals surface area contributed by atoms with Crippen LogP contribution in [0, 0.1) is 11.3 Å². The fourth-order valence-electron chi connectivity index (χ4n) is 3.75. The van der Waals surface area contributed by atoms with Crippen molar-refractivity contribution in [1.29, 1.82) is 0 Å². The van der Waals surface area contributed by atoms with Gasteiger partial charge in [-0.15, -0.1) is 0 Å². The Kier molecular flexibility index (Phi) is 4.92. The van der Waals surface area contributed by atoms with Crippen molar-refractivity contribution in [3.8, 4) is 0 Å². The van der Waals surface area contributed by atoms with E-state index in [4.69, 9.17) is 0 Å². The van der Waals surface area contributed by atoms with Gasteiger partial charge in [0.15, 0.2) is 0 Å². The Morgan fingerprint density at radius 2 is 2.00 bits per heavy atom. The van der Waals surface area contributed by atoms with Crippen LogP contribution in [0.3, 0.4) is 0 Å². The molecule has 7 heteroatoms. The van der Waals surface area contributed by atoms with Gasteiger partial charge in [0.25, 0.3) is 0 Å². The summed E-state index contributed by atoms with van der Waals surface area (Å²) in [6.45, 7) is 3.88. The smallest absolute Gasteiger partial charge is 0.242 e. The molecule has 1 saturated carbocycles. The second-order valence-electron chi connectivity index (χ2n) is 7.46. The van der Waals surface area contributed by atoms with Gasteiger partial charge in [0.1, 0.15) is 0 Å². The van der Waals surface area contributed by atoms with Crippen molar-refractivity contribution in [2.45, 2.75) is 37.1 Å². The molecule has 2 aliphatic rings. The first-order chi connectivity index (χ1) is 11.8. The Morgan fingerprint density at radius 1 is 1.32 bits per heavy atom. The molecule has 1 aliphatic carbocycles. The van der Waals surface area contributed by atoms with Gasteiger partial charge in [-0.1, -0.05) is 12.1 Å². The quantitative estimate of drug-likeness (QED) is 0.829. The molecule has 1 amide bonds. The third-order valence-electron chi connectivity index (χ3n) is 5.60. The van der Waals surface area contributed by atoms with Gasteiger partial charge in [-0.25, -0.2) is 12.7 Å². The summed E-state index contributed by atoms with van der Waals surface area (Å²) in [4.78, 5) is 12.8. The van der Waals surface area contributed by atoms with E-state index in [-0.39, 0.29) is 28.2 Å². The van der Waals surface area contributed by atoms with E-state index in [2.05, 4.69) is 10.6 Å². The number of rotatable bonds is 5. The van der Waals surface area contributed by atoms with Crippen molar-refractivity contribution in [3.63, 3.8) is 0 Å². The first kappa shape index (κ1) is 18.4. The number of piperidine rings is 1. The van der Waals surface area contributed by atoms with Crippen LogP contribution < -0.4 is 10.6 Å². The van der Waals surface area contributed by atoms with Gasteiger partial charge in [0.2, 0.25) is 15.9 Å². The molecule has 2 N–H and O–H groups in total. The minimum atomic E-state index is -3.47. The SMILES string of the molecule is CC(NC(=O)C1CC12CCNCC2)c1cccc(S(=O)(=O)N(C)C)c1. The van der Waals surface area contributed by atoms with E-state index in [9.17, 15) is 13.2 Å². The second kappa shape index (κ2) is 6.70. The number of amides is 1. The zero-order chi connectivity index (χ0) is 18.2. The highest BCUT2D eigenvalue weighted by Gasteiger charge is 2.57. The number of hydrogen-bond donors (Lipinski definition) is 2. The fourth-order valence-corrected chi connectivity index (χ4v) is 4.71. The number of carbonyl (C=O) groups is 1. The van der Waals surface area contributed by atoms with Gasteiger partial charge in [0.05, 0.1) is 10.9 Å². The van der Waals surface area contributed by atoms with E-state index in [0.717, 1.165) is 37.9 Å². The normalized spacial score (nSPS) is 23.4. The maximum absolute atomic E-state index is 12.6. The first-order valence-electron chi connectivity index (χ1n) is 8.80. The number of carbonyl (C=O) groups excluding carboxylic acids is 1. The van der Waals surface area contributed by atoms with E-state index in [1.54, 1.807) is 18.2 Å². The predicted octanol–water partition coefficient (Wildman–Crippen LogP) is 1.50. The summed E-state index contributed by atoms with van der Waals surface area (Å²) in [6, 6.07) is 6.59. The molecule has 3 rings (SSSR count). The van der Waals surface area contributed by atoms with Crippen molar-refractivity contribution in [3.05, 3.63) is 29.8 Å². The van der Waals surface area contributed by atoms with Crippen LogP contribution in [0.25, 0.3) is 0 Å². The Hall–Kier alpha value is -1.44. The third-order valence-corrected chi connectivity index (χ3v) is 7.41. The predicted molar refractivity (Wildman–Crippen MR) is 96.5 cm³/mol. The maximum atomic E-state index is 12.6. The monoisotopic (exact) mass is 365 g/mol. The molecule has 1 aromatic rings. The zero-order valence-electron chi connectivity index (χ0n) is 15.1. The molecule has 0 aromatic heterocycles. The lowest BCUT2D eigenvalue weighted by atomic mass is 9.91. The molecule has 2 atom stereocenters.